The van der Waals surface area contributed by atoms with Crippen LogP contribution in [0.15, 0.2) is 47.0 Å². The molecule has 3 aliphatic rings. The molecule has 1 aromatic heterocycles. The summed E-state index contributed by atoms with van der Waals surface area (Å²) in [4.78, 5) is 26.3. The minimum Gasteiger partial charge on any atom is -0.494 e. The van der Waals surface area contributed by atoms with Crippen molar-refractivity contribution in [3.8, 4) is 22.8 Å². The Balaban J connectivity index is 1.15. The third-order valence-electron chi connectivity index (χ3n) is 8.17. The van der Waals surface area contributed by atoms with Gasteiger partial charge in [0.05, 0.1) is 19.8 Å². The third-order valence-corrected chi connectivity index (χ3v) is 8.17. The molecule has 1 aliphatic carbocycles. The number of nitrogens with one attached hydrogen (secondary N) is 1. The normalized spacial score (nSPS) is 22.0. The molecule has 1 N–H and O–H groups in total. The Morgan fingerprint density at radius 3 is 2.51 bits per heavy atom. The number of ether oxygens (including phenoxy) is 3. The number of aromatic nitrogens is 1. The number of urea groups is 1. The van der Waals surface area contributed by atoms with Crippen LogP contribution in [-0.4, -0.2) is 47.9 Å². The number of para-hydroxylation sites is 1. The summed E-state index contributed by atoms with van der Waals surface area (Å²) in [6.45, 7) is 2.87. The first kappa shape index (κ1) is 25.4. The van der Waals surface area contributed by atoms with Crippen molar-refractivity contribution in [3.05, 3.63) is 59.4 Å². The number of rotatable bonds is 9. The van der Waals surface area contributed by atoms with Crippen LogP contribution in [0.2, 0.25) is 0 Å². The second-order valence-corrected chi connectivity index (χ2v) is 10.6. The zero-order valence-corrected chi connectivity index (χ0v) is 22.2. The topological polar surface area (TPSA) is 103 Å². The van der Waals surface area contributed by atoms with Gasteiger partial charge in [-0.05, 0) is 63.1 Å². The maximum Gasteiger partial charge on any atom is 0.322 e. The van der Waals surface area contributed by atoms with E-state index >= 15 is 0 Å². The van der Waals surface area contributed by atoms with Crippen molar-refractivity contribution in [2.45, 2.75) is 76.2 Å². The molecule has 39 heavy (non-hydrogen) atoms. The van der Waals surface area contributed by atoms with Crippen LogP contribution < -0.4 is 14.8 Å². The van der Waals surface area contributed by atoms with Gasteiger partial charge in [0.2, 0.25) is 0 Å². The number of anilines is 1. The standard InChI is InChI=1S/C30H33N3O6/c1-18-6-3-4-7-23(18)27-24(29(39-32-27)19-10-11-19)16-37-22-14-20-12-13-21(15-22)33(20)30(35)31-28-25(36-2)8-5-9-26(28)38-17-34/h3-9,17,19-22H,10-16H2,1-2H3,(H,31,35). The minimum absolute atomic E-state index is 0.0402. The molecule has 6 rings (SSSR count). The molecule has 204 valence electrons. The van der Waals surface area contributed by atoms with E-state index in [2.05, 4.69) is 29.5 Å². The van der Waals surface area contributed by atoms with E-state index < -0.39 is 0 Å². The fourth-order valence-corrected chi connectivity index (χ4v) is 6.10. The summed E-state index contributed by atoms with van der Waals surface area (Å²) in [6.07, 6.45) is 5.66. The highest BCUT2D eigenvalue weighted by Gasteiger charge is 2.44. The second-order valence-electron chi connectivity index (χ2n) is 10.6. The van der Waals surface area contributed by atoms with Gasteiger partial charge in [0.1, 0.15) is 22.9 Å². The average molecular weight is 532 g/mol. The number of carbonyl (C=O) groups excluding carboxylic acids is 2. The number of hydrogen-bond donors (Lipinski definition) is 1. The highest BCUT2D eigenvalue weighted by Crippen LogP contribution is 2.45. The summed E-state index contributed by atoms with van der Waals surface area (Å²) in [7, 11) is 1.51. The van der Waals surface area contributed by atoms with Crippen molar-refractivity contribution in [3.63, 3.8) is 0 Å². The molecule has 0 spiro atoms. The van der Waals surface area contributed by atoms with E-state index in [0.29, 0.717) is 30.4 Å². The first-order valence-electron chi connectivity index (χ1n) is 13.6. The van der Waals surface area contributed by atoms with Gasteiger partial charge in [0.25, 0.3) is 6.47 Å². The minimum atomic E-state index is -0.224. The lowest BCUT2D eigenvalue weighted by Crippen LogP contribution is -2.50. The van der Waals surface area contributed by atoms with Crippen LogP contribution in [0.4, 0.5) is 10.5 Å². The molecule has 2 saturated heterocycles. The van der Waals surface area contributed by atoms with Gasteiger partial charge >= 0.3 is 6.03 Å². The smallest absolute Gasteiger partial charge is 0.322 e. The molecule has 3 fully saturated rings. The highest BCUT2D eigenvalue weighted by molar-refractivity contribution is 5.94. The Morgan fingerprint density at radius 1 is 1.08 bits per heavy atom. The zero-order valence-electron chi connectivity index (χ0n) is 22.2. The van der Waals surface area contributed by atoms with Gasteiger partial charge in [0.15, 0.2) is 5.75 Å². The van der Waals surface area contributed by atoms with Gasteiger partial charge in [-0.15, -0.1) is 0 Å². The van der Waals surface area contributed by atoms with Gasteiger partial charge in [-0.25, -0.2) is 4.79 Å². The number of hydrogen-bond acceptors (Lipinski definition) is 7. The van der Waals surface area contributed by atoms with E-state index in [1.165, 1.54) is 7.11 Å². The average Bonchev–Trinajstić information content (AvgIpc) is 3.64. The van der Waals surface area contributed by atoms with Crippen molar-refractivity contribution in [2.75, 3.05) is 12.4 Å². The van der Waals surface area contributed by atoms with Crippen LogP contribution in [0, 0.1) is 6.92 Å². The molecule has 2 aliphatic heterocycles. The third kappa shape index (κ3) is 4.98. The van der Waals surface area contributed by atoms with Crippen LogP contribution in [0.3, 0.4) is 0 Å². The molecule has 3 aromatic rings. The number of piperidine rings is 1. The zero-order chi connectivity index (χ0) is 26.9. The molecular weight excluding hydrogens is 498 g/mol. The van der Waals surface area contributed by atoms with Crippen molar-refractivity contribution < 1.29 is 28.3 Å². The van der Waals surface area contributed by atoms with Crippen LogP contribution in [0.1, 0.15) is 61.3 Å². The van der Waals surface area contributed by atoms with E-state index in [4.69, 9.17) is 18.7 Å². The quantitative estimate of drug-likeness (QED) is 0.347. The summed E-state index contributed by atoms with van der Waals surface area (Å²) in [5.74, 6) is 2.06. The van der Waals surface area contributed by atoms with E-state index in [1.807, 2.05) is 17.0 Å². The van der Waals surface area contributed by atoms with E-state index in [0.717, 1.165) is 66.7 Å². The molecule has 2 bridgehead atoms. The van der Waals surface area contributed by atoms with Gasteiger partial charge in [-0.3, -0.25) is 4.79 Å². The lowest BCUT2D eigenvalue weighted by molar-refractivity contribution is -0.120. The van der Waals surface area contributed by atoms with Crippen LogP contribution in [0.5, 0.6) is 11.5 Å². The summed E-state index contributed by atoms with van der Waals surface area (Å²) in [5.41, 5.74) is 4.51. The molecule has 2 amide bonds. The molecule has 2 unspecified atom stereocenters. The molecule has 1 saturated carbocycles. The van der Waals surface area contributed by atoms with Crippen LogP contribution >= 0.6 is 0 Å². The van der Waals surface area contributed by atoms with Crippen molar-refractivity contribution in [1.82, 2.24) is 10.1 Å². The largest absolute Gasteiger partial charge is 0.494 e. The first-order valence-corrected chi connectivity index (χ1v) is 13.6. The Hall–Kier alpha value is -3.85. The lowest BCUT2D eigenvalue weighted by Gasteiger charge is -2.38. The maximum atomic E-state index is 13.4. The van der Waals surface area contributed by atoms with Crippen LogP contribution in [0.25, 0.3) is 11.3 Å². The second kappa shape index (κ2) is 10.7. The monoisotopic (exact) mass is 531 g/mol. The van der Waals surface area contributed by atoms with Gasteiger partial charge in [0, 0.05) is 29.1 Å². The van der Waals surface area contributed by atoms with Crippen molar-refractivity contribution in [1.29, 1.82) is 0 Å². The van der Waals surface area contributed by atoms with E-state index in [-0.39, 0.29) is 30.0 Å². The number of methoxy groups -OCH3 is 1. The van der Waals surface area contributed by atoms with E-state index in [1.54, 1.807) is 18.2 Å². The Morgan fingerprint density at radius 2 is 1.82 bits per heavy atom. The molecule has 9 heteroatoms. The predicted molar refractivity (Wildman–Crippen MR) is 144 cm³/mol. The number of carbonyl (C=O) groups is 2. The number of aryl methyl sites for hydroxylation is 1. The highest BCUT2D eigenvalue weighted by atomic mass is 16.5. The molecule has 2 atom stereocenters. The van der Waals surface area contributed by atoms with Gasteiger partial charge in [-0.2, -0.15) is 0 Å². The molecular formula is C30H33N3O6. The Bertz CT molecular complexity index is 1350. The fourth-order valence-electron chi connectivity index (χ4n) is 6.10. The number of nitrogens with zero attached hydrogens (tertiary/aromatic N) is 2. The van der Waals surface area contributed by atoms with Gasteiger partial charge in [-0.1, -0.05) is 35.5 Å². The first-order chi connectivity index (χ1) is 19.1. The Labute approximate surface area is 227 Å². The predicted octanol–water partition coefficient (Wildman–Crippen LogP) is 5.82. The molecule has 3 heterocycles. The van der Waals surface area contributed by atoms with E-state index in [9.17, 15) is 9.59 Å². The van der Waals surface area contributed by atoms with Gasteiger partial charge < -0.3 is 29.0 Å². The summed E-state index contributed by atoms with van der Waals surface area (Å²) in [5, 5.41) is 7.39. The SMILES string of the molecule is COc1cccc(OC=O)c1NC(=O)N1C2CCC1CC(OCc1c(-c3ccccc3C)noc1C1CC1)C2. The maximum absolute atomic E-state index is 13.4. The fraction of sp³-hybridized carbons (Fsp3) is 0.433. The summed E-state index contributed by atoms with van der Waals surface area (Å²) < 4.78 is 22.8. The van der Waals surface area contributed by atoms with Crippen LogP contribution in [-0.2, 0) is 16.1 Å². The molecule has 9 nitrogen and oxygen atoms in total. The lowest BCUT2D eigenvalue weighted by atomic mass is 9.99. The van der Waals surface area contributed by atoms with Crippen molar-refractivity contribution >= 4 is 18.2 Å². The summed E-state index contributed by atoms with van der Waals surface area (Å²) in [6, 6.07) is 13.2. The number of fused-ring (bicyclic) bond motifs is 2. The number of amides is 2. The Kier molecular flexibility index (Phi) is 6.99. The molecule has 0 radical (unpaired) electrons. The summed E-state index contributed by atoms with van der Waals surface area (Å²) >= 11 is 0. The molecule has 2 aromatic carbocycles. The van der Waals surface area contributed by atoms with Crippen molar-refractivity contribution in [2.24, 2.45) is 0 Å². The number of benzene rings is 2.